The Morgan fingerprint density at radius 3 is 2.71 bits per heavy atom. The molecule has 94 valence electrons. The van der Waals surface area contributed by atoms with Crippen molar-refractivity contribution in [3.63, 3.8) is 0 Å². The number of rotatable bonds is 5. The van der Waals surface area contributed by atoms with Crippen molar-refractivity contribution < 1.29 is 9.90 Å². The molecular weight excluding hydrogens is 234 g/mol. The molecule has 0 spiro atoms. The van der Waals surface area contributed by atoms with E-state index in [2.05, 4.69) is 18.8 Å². The molecule has 1 N–H and O–H groups in total. The Morgan fingerprint density at radius 1 is 1.53 bits per heavy atom. The summed E-state index contributed by atoms with van der Waals surface area (Å²) in [6.45, 7) is 7.96. The molecule has 17 heavy (non-hydrogen) atoms. The van der Waals surface area contributed by atoms with Crippen LogP contribution in [-0.4, -0.2) is 21.3 Å². The molecule has 0 aliphatic carbocycles. The lowest BCUT2D eigenvalue weighted by atomic mass is 10.1. The Balaban J connectivity index is 3.08. The van der Waals surface area contributed by atoms with Crippen LogP contribution in [0.15, 0.2) is 11.1 Å². The minimum absolute atomic E-state index is 0.351. The highest BCUT2D eigenvalue weighted by Crippen LogP contribution is 2.29. The summed E-state index contributed by atoms with van der Waals surface area (Å²) in [4.78, 5) is 15.6. The van der Waals surface area contributed by atoms with Gasteiger partial charge in [0.2, 0.25) is 0 Å². The van der Waals surface area contributed by atoms with Gasteiger partial charge in [-0.2, -0.15) is 0 Å². The van der Waals surface area contributed by atoms with Crippen LogP contribution in [0.1, 0.15) is 48.3 Å². The molecule has 1 aromatic heterocycles. The molecule has 0 fully saturated rings. The number of nitrogens with zero attached hydrogens (tertiary/aromatic N) is 1. The number of aromatic carboxylic acids is 1. The van der Waals surface area contributed by atoms with E-state index in [1.54, 1.807) is 11.8 Å². The number of pyridine rings is 1. The van der Waals surface area contributed by atoms with Crippen molar-refractivity contribution in [3.8, 4) is 0 Å². The Bertz CT molecular complexity index is 418. The van der Waals surface area contributed by atoms with Gasteiger partial charge in [-0.15, -0.1) is 11.8 Å². The summed E-state index contributed by atoms with van der Waals surface area (Å²) in [5, 5.41) is 10.3. The van der Waals surface area contributed by atoms with Gasteiger partial charge in [-0.3, -0.25) is 0 Å². The van der Waals surface area contributed by atoms with Gasteiger partial charge in [0.1, 0.15) is 5.03 Å². The molecule has 3 nitrogen and oxygen atoms in total. The summed E-state index contributed by atoms with van der Waals surface area (Å²) in [5.74, 6) is -0.888. The number of aromatic nitrogens is 1. The maximum absolute atomic E-state index is 11.2. The van der Waals surface area contributed by atoms with Crippen molar-refractivity contribution in [2.45, 2.75) is 50.8 Å². The third-order valence-electron chi connectivity index (χ3n) is 2.53. The average molecular weight is 253 g/mol. The van der Waals surface area contributed by atoms with Gasteiger partial charge in [-0.05, 0) is 31.9 Å². The maximum atomic E-state index is 11.2. The van der Waals surface area contributed by atoms with Crippen molar-refractivity contribution >= 4 is 17.7 Å². The first-order valence-corrected chi connectivity index (χ1v) is 6.71. The lowest BCUT2D eigenvalue weighted by molar-refractivity contribution is 0.0691. The van der Waals surface area contributed by atoms with Crippen LogP contribution in [-0.2, 0) is 0 Å². The second kappa shape index (κ2) is 6.05. The average Bonchev–Trinajstić information content (AvgIpc) is 2.15. The monoisotopic (exact) mass is 253 g/mol. The summed E-state index contributed by atoms with van der Waals surface area (Å²) in [5.41, 5.74) is 2.01. The van der Waals surface area contributed by atoms with Gasteiger partial charge >= 0.3 is 5.97 Å². The maximum Gasteiger partial charge on any atom is 0.338 e. The Kier molecular flexibility index (Phi) is 5.00. The third kappa shape index (κ3) is 3.73. The molecule has 0 saturated heterocycles. The van der Waals surface area contributed by atoms with Gasteiger partial charge in [0.15, 0.2) is 0 Å². The van der Waals surface area contributed by atoms with E-state index in [1.165, 1.54) is 0 Å². The highest BCUT2D eigenvalue weighted by atomic mass is 32.2. The zero-order chi connectivity index (χ0) is 13.0. The molecular formula is C13H19NO2S. The smallest absolute Gasteiger partial charge is 0.338 e. The van der Waals surface area contributed by atoms with Crippen molar-refractivity contribution in [2.24, 2.45) is 0 Å². The number of carboxylic acids is 1. The molecule has 4 heteroatoms. The largest absolute Gasteiger partial charge is 0.478 e. The van der Waals surface area contributed by atoms with E-state index in [-0.39, 0.29) is 0 Å². The molecule has 1 unspecified atom stereocenters. The summed E-state index contributed by atoms with van der Waals surface area (Å²) in [6, 6.07) is 1.82. The lowest BCUT2D eigenvalue weighted by Gasteiger charge is -2.13. The van der Waals surface area contributed by atoms with Crippen molar-refractivity contribution in [3.05, 3.63) is 22.9 Å². The van der Waals surface area contributed by atoms with Crippen molar-refractivity contribution in [2.75, 3.05) is 0 Å². The lowest BCUT2D eigenvalue weighted by Crippen LogP contribution is -2.07. The van der Waals surface area contributed by atoms with Crippen molar-refractivity contribution in [1.29, 1.82) is 0 Å². The Hall–Kier alpha value is -1.03. The molecule has 0 amide bonds. The Labute approximate surface area is 107 Å². The highest BCUT2D eigenvalue weighted by molar-refractivity contribution is 7.99. The van der Waals surface area contributed by atoms with Crippen LogP contribution in [0.3, 0.4) is 0 Å². The van der Waals surface area contributed by atoms with Gasteiger partial charge in [0, 0.05) is 10.9 Å². The minimum atomic E-state index is -0.888. The molecule has 0 radical (unpaired) electrons. The van der Waals surface area contributed by atoms with Crippen LogP contribution >= 0.6 is 11.8 Å². The molecule has 0 aliphatic heterocycles. The second-order valence-corrected chi connectivity index (χ2v) is 5.71. The van der Waals surface area contributed by atoms with Crippen LogP contribution < -0.4 is 0 Å². The van der Waals surface area contributed by atoms with Gasteiger partial charge in [-0.25, -0.2) is 9.78 Å². The van der Waals surface area contributed by atoms with Crippen LogP contribution in [0.4, 0.5) is 0 Å². The normalized spacial score (nSPS) is 12.5. The molecule has 0 aliphatic rings. The molecule has 1 heterocycles. The summed E-state index contributed by atoms with van der Waals surface area (Å²) < 4.78 is 0. The third-order valence-corrected chi connectivity index (χ3v) is 3.69. The predicted octanol–water partition coefficient (Wildman–Crippen LogP) is 3.68. The molecule has 1 rings (SSSR count). The van der Waals surface area contributed by atoms with Gasteiger partial charge in [-0.1, -0.05) is 20.3 Å². The van der Waals surface area contributed by atoms with E-state index >= 15 is 0 Å². The number of hydrogen-bond donors (Lipinski definition) is 1. The zero-order valence-corrected chi connectivity index (χ0v) is 11.6. The fourth-order valence-electron chi connectivity index (χ4n) is 1.80. The summed E-state index contributed by atoms with van der Waals surface area (Å²) in [7, 11) is 0. The fraction of sp³-hybridized carbons (Fsp3) is 0.538. The zero-order valence-electron chi connectivity index (χ0n) is 10.8. The highest BCUT2D eigenvalue weighted by Gasteiger charge is 2.17. The van der Waals surface area contributed by atoms with Crippen LogP contribution in [0.25, 0.3) is 0 Å². The SMILES string of the molecule is CCCC(C)Sc1nc(C)cc(C)c1C(=O)O. The first-order chi connectivity index (χ1) is 7.95. The second-order valence-electron chi connectivity index (χ2n) is 4.28. The van der Waals surface area contributed by atoms with E-state index in [1.807, 2.05) is 19.9 Å². The topological polar surface area (TPSA) is 50.2 Å². The molecule has 1 atom stereocenters. The van der Waals surface area contributed by atoms with Crippen molar-refractivity contribution in [1.82, 2.24) is 4.98 Å². The van der Waals surface area contributed by atoms with E-state index in [0.717, 1.165) is 24.1 Å². The quantitative estimate of drug-likeness (QED) is 0.813. The predicted molar refractivity (Wildman–Crippen MR) is 70.9 cm³/mol. The minimum Gasteiger partial charge on any atom is -0.478 e. The van der Waals surface area contributed by atoms with Gasteiger partial charge in [0.25, 0.3) is 0 Å². The number of thioether (sulfide) groups is 1. The molecule has 1 aromatic rings. The van der Waals surface area contributed by atoms with Crippen LogP contribution in [0.2, 0.25) is 0 Å². The number of hydrogen-bond acceptors (Lipinski definition) is 3. The van der Waals surface area contributed by atoms with Crippen LogP contribution in [0, 0.1) is 13.8 Å². The van der Waals surface area contributed by atoms with Gasteiger partial charge in [0.05, 0.1) is 5.56 Å². The van der Waals surface area contributed by atoms with Crippen LogP contribution in [0.5, 0.6) is 0 Å². The standard InChI is InChI=1S/C13H19NO2S/c1-5-6-10(4)17-12-11(13(15)16)8(2)7-9(3)14-12/h7,10H,5-6H2,1-4H3,(H,15,16). The summed E-state index contributed by atoms with van der Waals surface area (Å²) in [6.07, 6.45) is 2.17. The molecule has 0 saturated carbocycles. The van der Waals surface area contributed by atoms with E-state index < -0.39 is 5.97 Å². The number of carbonyl (C=O) groups is 1. The van der Waals surface area contributed by atoms with E-state index in [0.29, 0.717) is 15.8 Å². The fourth-order valence-corrected chi connectivity index (χ4v) is 3.10. The number of aryl methyl sites for hydroxylation is 2. The number of carboxylic acid groups (broad SMARTS) is 1. The first-order valence-electron chi connectivity index (χ1n) is 5.83. The van der Waals surface area contributed by atoms with E-state index in [9.17, 15) is 9.90 Å². The molecule has 0 aromatic carbocycles. The van der Waals surface area contributed by atoms with Gasteiger partial charge < -0.3 is 5.11 Å². The molecule has 0 bridgehead atoms. The van der Waals surface area contributed by atoms with E-state index in [4.69, 9.17) is 0 Å². The Morgan fingerprint density at radius 2 is 2.18 bits per heavy atom. The first kappa shape index (κ1) is 14.0. The summed E-state index contributed by atoms with van der Waals surface area (Å²) >= 11 is 1.56.